The fraction of sp³-hybridized carbons (Fsp3) is 1.00. The number of hydrogen-bond donors (Lipinski definition) is 2. The third-order valence-corrected chi connectivity index (χ3v) is 5.04. The van der Waals surface area contributed by atoms with Crippen LogP contribution in [0.5, 0.6) is 0 Å². The molecule has 0 amide bonds. The smallest absolute Gasteiger partial charge is 0.0610 e. The fourth-order valence-electron chi connectivity index (χ4n) is 3.56. The van der Waals surface area contributed by atoms with Gasteiger partial charge in [0.15, 0.2) is 0 Å². The molecule has 0 aromatic heterocycles. The molecule has 3 heteroatoms. The summed E-state index contributed by atoms with van der Waals surface area (Å²) in [6.07, 6.45) is 12.0. The molecule has 2 rings (SSSR count). The molecule has 0 saturated heterocycles. The van der Waals surface area contributed by atoms with E-state index in [0.717, 1.165) is 12.3 Å². The van der Waals surface area contributed by atoms with Gasteiger partial charge in [-0.25, -0.2) is 0 Å². The van der Waals surface area contributed by atoms with E-state index in [1.807, 2.05) is 0 Å². The lowest BCUT2D eigenvalue weighted by Crippen LogP contribution is -2.47. The summed E-state index contributed by atoms with van der Waals surface area (Å²) in [7, 11) is 2.26. The zero-order valence-electron chi connectivity index (χ0n) is 13.5. The molecule has 20 heavy (non-hydrogen) atoms. The lowest BCUT2D eigenvalue weighted by atomic mass is 9.89. The molecular formula is C17H34N2O. The van der Waals surface area contributed by atoms with E-state index in [1.54, 1.807) is 0 Å². The molecule has 1 unspecified atom stereocenters. The minimum Gasteiger partial charge on any atom is -0.394 e. The Bertz CT molecular complexity index is 274. The van der Waals surface area contributed by atoms with E-state index in [1.165, 1.54) is 64.5 Å². The van der Waals surface area contributed by atoms with Gasteiger partial charge in [0, 0.05) is 18.1 Å². The molecule has 2 saturated carbocycles. The van der Waals surface area contributed by atoms with E-state index in [-0.39, 0.29) is 12.1 Å². The first-order chi connectivity index (χ1) is 9.61. The lowest BCUT2D eigenvalue weighted by Gasteiger charge is -2.31. The first-order valence-corrected chi connectivity index (χ1v) is 8.68. The molecule has 118 valence electrons. The quantitative estimate of drug-likeness (QED) is 0.682. The summed E-state index contributed by atoms with van der Waals surface area (Å²) >= 11 is 0. The second-order valence-electron chi connectivity index (χ2n) is 7.51. The highest BCUT2D eigenvalue weighted by molar-refractivity contribution is 4.92. The average Bonchev–Trinajstić information content (AvgIpc) is 3.23. The van der Waals surface area contributed by atoms with Gasteiger partial charge in [0.05, 0.1) is 6.61 Å². The summed E-state index contributed by atoms with van der Waals surface area (Å²) in [5.41, 5.74) is -0.0627. The summed E-state index contributed by atoms with van der Waals surface area (Å²) in [6, 6.07) is 0.673. The molecule has 2 aliphatic rings. The Balaban J connectivity index is 1.60. The summed E-state index contributed by atoms with van der Waals surface area (Å²) in [6.45, 7) is 4.87. The zero-order chi connectivity index (χ0) is 14.4. The van der Waals surface area contributed by atoms with Crippen molar-refractivity contribution in [1.82, 2.24) is 10.2 Å². The molecule has 0 aromatic rings. The SMILES string of the molecule is CN(CCCC(C)(CO)NC1CC1)CC1CCCCC1. The molecular weight excluding hydrogens is 248 g/mol. The Morgan fingerprint density at radius 1 is 1.15 bits per heavy atom. The topological polar surface area (TPSA) is 35.5 Å². The van der Waals surface area contributed by atoms with E-state index in [2.05, 4.69) is 24.2 Å². The van der Waals surface area contributed by atoms with E-state index in [4.69, 9.17) is 0 Å². The van der Waals surface area contributed by atoms with Crippen molar-refractivity contribution < 1.29 is 5.11 Å². The fourth-order valence-corrected chi connectivity index (χ4v) is 3.56. The summed E-state index contributed by atoms with van der Waals surface area (Å²) in [4.78, 5) is 2.50. The zero-order valence-corrected chi connectivity index (χ0v) is 13.5. The van der Waals surface area contributed by atoms with Gasteiger partial charge >= 0.3 is 0 Å². The van der Waals surface area contributed by atoms with E-state index >= 15 is 0 Å². The molecule has 0 spiro atoms. The average molecular weight is 282 g/mol. The largest absolute Gasteiger partial charge is 0.394 e. The van der Waals surface area contributed by atoms with Crippen LogP contribution in [-0.2, 0) is 0 Å². The highest BCUT2D eigenvalue weighted by atomic mass is 16.3. The molecule has 2 N–H and O–H groups in total. The van der Waals surface area contributed by atoms with Gasteiger partial charge in [-0.3, -0.25) is 0 Å². The Kier molecular flexibility index (Phi) is 6.31. The second kappa shape index (κ2) is 7.77. The number of nitrogens with one attached hydrogen (secondary N) is 1. The molecule has 0 aliphatic heterocycles. The monoisotopic (exact) mass is 282 g/mol. The van der Waals surface area contributed by atoms with Gasteiger partial charge in [-0.1, -0.05) is 19.3 Å². The summed E-state index contributed by atoms with van der Waals surface area (Å²) in [5.74, 6) is 0.933. The molecule has 0 bridgehead atoms. The van der Waals surface area contributed by atoms with Crippen molar-refractivity contribution in [2.45, 2.75) is 76.3 Å². The van der Waals surface area contributed by atoms with Crippen LogP contribution in [0.3, 0.4) is 0 Å². The Morgan fingerprint density at radius 2 is 1.85 bits per heavy atom. The maximum Gasteiger partial charge on any atom is 0.0610 e. The molecule has 2 fully saturated rings. The van der Waals surface area contributed by atoms with Crippen LogP contribution in [0.2, 0.25) is 0 Å². The first-order valence-electron chi connectivity index (χ1n) is 8.68. The van der Waals surface area contributed by atoms with Crippen LogP contribution in [-0.4, -0.2) is 48.3 Å². The molecule has 0 radical (unpaired) electrons. The van der Waals surface area contributed by atoms with Crippen LogP contribution in [0.4, 0.5) is 0 Å². The highest BCUT2D eigenvalue weighted by Gasteiger charge is 2.31. The van der Waals surface area contributed by atoms with Crippen LogP contribution in [0.1, 0.15) is 64.7 Å². The van der Waals surface area contributed by atoms with Crippen LogP contribution in [0.15, 0.2) is 0 Å². The molecule has 2 aliphatic carbocycles. The van der Waals surface area contributed by atoms with Crippen molar-refractivity contribution in [2.75, 3.05) is 26.7 Å². The number of rotatable bonds is 9. The van der Waals surface area contributed by atoms with Crippen molar-refractivity contribution in [2.24, 2.45) is 5.92 Å². The number of aliphatic hydroxyl groups excluding tert-OH is 1. The van der Waals surface area contributed by atoms with Gasteiger partial charge in [0.1, 0.15) is 0 Å². The van der Waals surface area contributed by atoms with Crippen LogP contribution >= 0.6 is 0 Å². The highest BCUT2D eigenvalue weighted by Crippen LogP contribution is 2.26. The molecule has 3 nitrogen and oxygen atoms in total. The standard InChI is InChI=1S/C17H34N2O/c1-17(14-20,18-16-9-10-16)11-6-12-19(2)13-15-7-4-3-5-8-15/h15-16,18,20H,3-14H2,1-2H3. The van der Waals surface area contributed by atoms with Gasteiger partial charge in [-0.05, 0) is 65.0 Å². The van der Waals surface area contributed by atoms with Crippen LogP contribution < -0.4 is 5.32 Å². The van der Waals surface area contributed by atoms with E-state index in [0.29, 0.717) is 6.04 Å². The summed E-state index contributed by atoms with van der Waals surface area (Å²) in [5, 5.41) is 13.2. The third kappa shape index (κ3) is 5.71. The number of nitrogens with zero attached hydrogens (tertiary/aromatic N) is 1. The normalized spacial score (nSPS) is 24.0. The van der Waals surface area contributed by atoms with Gasteiger partial charge < -0.3 is 15.3 Å². The van der Waals surface area contributed by atoms with Gasteiger partial charge in [0.25, 0.3) is 0 Å². The minimum atomic E-state index is -0.0627. The number of aliphatic hydroxyl groups is 1. The Morgan fingerprint density at radius 3 is 2.45 bits per heavy atom. The Labute approximate surface area is 125 Å². The van der Waals surface area contributed by atoms with Crippen molar-refractivity contribution in [3.05, 3.63) is 0 Å². The molecule has 1 atom stereocenters. The predicted molar refractivity (Wildman–Crippen MR) is 85.0 cm³/mol. The number of hydrogen-bond acceptors (Lipinski definition) is 3. The maximum absolute atomic E-state index is 9.61. The first kappa shape index (κ1) is 16.3. The minimum absolute atomic E-state index is 0.0627. The van der Waals surface area contributed by atoms with Crippen LogP contribution in [0, 0.1) is 5.92 Å². The van der Waals surface area contributed by atoms with Gasteiger partial charge in [-0.15, -0.1) is 0 Å². The van der Waals surface area contributed by atoms with Crippen LogP contribution in [0.25, 0.3) is 0 Å². The van der Waals surface area contributed by atoms with E-state index in [9.17, 15) is 5.11 Å². The maximum atomic E-state index is 9.61. The van der Waals surface area contributed by atoms with Gasteiger partial charge in [0.2, 0.25) is 0 Å². The third-order valence-electron chi connectivity index (χ3n) is 5.04. The second-order valence-corrected chi connectivity index (χ2v) is 7.51. The summed E-state index contributed by atoms with van der Waals surface area (Å²) < 4.78 is 0. The van der Waals surface area contributed by atoms with E-state index < -0.39 is 0 Å². The van der Waals surface area contributed by atoms with Gasteiger partial charge in [-0.2, -0.15) is 0 Å². The predicted octanol–water partition coefficient (Wildman–Crippen LogP) is 2.78. The lowest BCUT2D eigenvalue weighted by molar-refractivity contribution is 0.153. The van der Waals surface area contributed by atoms with Crippen molar-refractivity contribution in [3.63, 3.8) is 0 Å². The molecule has 0 heterocycles. The van der Waals surface area contributed by atoms with Crippen molar-refractivity contribution >= 4 is 0 Å². The molecule has 0 aromatic carbocycles. The Hall–Kier alpha value is -0.120. The van der Waals surface area contributed by atoms with Crippen molar-refractivity contribution in [3.8, 4) is 0 Å². The van der Waals surface area contributed by atoms with Crippen molar-refractivity contribution in [1.29, 1.82) is 0 Å².